The molecule has 1 aromatic rings. The molecule has 0 bridgehead atoms. The number of carbonyl (C=O) groups is 1. The number of benzene rings is 1. The van der Waals surface area contributed by atoms with Crippen LogP contribution in [0.4, 0.5) is 0 Å². The van der Waals surface area contributed by atoms with Crippen molar-refractivity contribution in [3.63, 3.8) is 0 Å². The Morgan fingerprint density at radius 3 is 2.47 bits per heavy atom. The molecule has 0 spiro atoms. The van der Waals surface area contributed by atoms with Crippen LogP contribution in [0.15, 0.2) is 24.3 Å². The van der Waals surface area contributed by atoms with Crippen molar-refractivity contribution in [2.24, 2.45) is 5.73 Å². The van der Waals surface area contributed by atoms with Gasteiger partial charge in [-0.25, -0.2) is 0 Å². The van der Waals surface area contributed by atoms with Crippen molar-refractivity contribution in [1.29, 1.82) is 0 Å². The summed E-state index contributed by atoms with van der Waals surface area (Å²) in [7, 11) is 0. The SMILES string of the molecule is CCN(CCN)C(=O)c1ccc(CSC)cc1. The summed E-state index contributed by atoms with van der Waals surface area (Å²) in [4.78, 5) is 13.9. The van der Waals surface area contributed by atoms with Gasteiger partial charge in [-0.15, -0.1) is 0 Å². The number of likely N-dealkylation sites (N-methyl/N-ethyl adjacent to an activating group) is 1. The molecule has 0 fully saturated rings. The van der Waals surface area contributed by atoms with Crippen molar-refractivity contribution >= 4 is 17.7 Å². The van der Waals surface area contributed by atoms with E-state index in [9.17, 15) is 4.79 Å². The van der Waals surface area contributed by atoms with Crippen molar-refractivity contribution in [2.45, 2.75) is 12.7 Å². The molecule has 0 atom stereocenters. The number of nitrogens with two attached hydrogens (primary N) is 1. The molecule has 0 aliphatic rings. The molecule has 0 aromatic heterocycles. The molecule has 0 radical (unpaired) electrons. The molecule has 0 saturated heterocycles. The third kappa shape index (κ3) is 4.06. The number of nitrogens with zero attached hydrogens (tertiary/aromatic N) is 1. The van der Waals surface area contributed by atoms with E-state index in [0.29, 0.717) is 19.6 Å². The number of hydrogen-bond acceptors (Lipinski definition) is 3. The molecule has 1 rings (SSSR count). The molecule has 4 heteroatoms. The lowest BCUT2D eigenvalue weighted by Gasteiger charge is -2.20. The summed E-state index contributed by atoms with van der Waals surface area (Å²) in [6, 6.07) is 7.82. The minimum Gasteiger partial charge on any atom is -0.338 e. The smallest absolute Gasteiger partial charge is 0.253 e. The largest absolute Gasteiger partial charge is 0.338 e. The predicted molar refractivity (Wildman–Crippen MR) is 74.3 cm³/mol. The Morgan fingerprint density at radius 1 is 1.35 bits per heavy atom. The van der Waals surface area contributed by atoms with Crippen molar-refractivity contribution in [1.82, 2.24) is 4.90 Å². The Kier molecular flexibility index (Phi) is 6.08. The van der Waals surface area contributed by atoms with E-state index in [1.165, 1.54) is 5.56 Å². The van der Waals surface area contributed by atoms with Gasteiger partial charge in [0, 0.05) is 31.0 Å². The second-order valence-corrected chi connectivity index (χ2v) is 4.67. The maximum atomic E-state index is 12.1. The number of rotatable bonds is 6. The van der Waals surface area contributed by atoms with Gasteiger partial charge in [-0.05, 0) is 30.9 Å². The monoisotopic (exact) mass is 252 g/mol. The van der Waals surface area contributed by atoms with Gasteiger partial charge in [0.1, 0.15) is 0 Å². The Balaban J connectivity index is 2.74. The van der Waals surface area contributed by atoms with Gasteiger partial charge in [-0.2, -0.15) is 11.8 Å². The third-order valence-corrected chi connectivity index (χ3v) is 3.20. The van der Waals surface area contributed by atoms with Gasteiger partial charge in [-0.1, -0.05) is 12.1 Å². The highest BCUT2D eigenvalue weighted by molar-refractivity contribution is 7.97. The van der Waals surface area contributed by atoms with Crippen LogP contribution in [0.1, 0.15) is 22.8 Å². The van der Waals surface area contributed by atoms with Gasteiger partial charge >= 0.3 is 0 Å². The van der Waals surface area contributed by atoms with Crippen LogP contribution in [-0.4, -0.2) is 36.7 Å². The maximum absolute atomic E-state index is 12.1. The van der Waals surface area contributed by atoms with Gasteiger partial charge in [0.2, 0.25) is 0 Å². The molecule has 0 aliphatic heterocycles. The third-order valence-electron chi connectivity index (χ3n) is 2.58. The molecule has 0 saturated carbocycles. The Labute approximate surface area is 107 Å². The molecule has 0 heterocycles. The molecular weight excluding hydrogens is 232 g/mol. The van der Waals surface area contributed by atoms with Crippen LogP contribution >= 0.6 is 11.8 Å². The molecule has 94 valence electrons. The van der Waals surface area contributed by atoms with Crippen LogP contribution in [0.2, 0.25) is 0 Å². The summed E-state index contributed by atoms with van der Waals surface area (Å²) in [6.45, 7) is 3.78. The number of carbonyl (C=O) groups excluding carboxylic acids is 1. The highest BCUT2D eigenvalue weighted by atomic mass is 32.2. The molecule has 0 aliphatic carbocycles. The van der Waals surface area contributed by atoms with E-state index >= 15 is 0 Å². The summed E-state index contributed by atoms with van der Waals surface area (Å²) >= 11 is 1.78. The first-order valence-corrected chi connectivity index (χ1v) is 7.19. The average Bonchev–Trinajstić information content (AvgIpc) is 2.36. The van der Waals surface area contributed by atoms with Gasteiger partial charge < -0.3 is 10.6 Å². The Hall–Kier alpha value is -1.00. The maximum Gasteiger partial charge on any atom is 0.253 e. The lowest BCUT2D eigenvalue weighted by atomic mass is 10.1. The van der Waals surface area contributed by atoms with Crippen LogP contribution in [0.5, 0.6) is 0 Å². The lowest BCUT2D eigenvalue weighted by Crippen LogP contribution is -2.35. The highest BCUT2D eigenvalue weighted by Gasteiger charge is 2.12. The molecule has 0 unspecified atom stereocenters. The molecule has 2 N–H and O–H groups in total. The fourth-order valence-electron chi connectivity index (χ4n) is 1.65. The van der Waals surface area contributed by atoms with E-state index in [4.69, 9.17) is 5.73 Å². The zero-order valence-corrected chi connectivity index (χ0v) is 11.3. The first-order chi connectivity index (χ1) is 8.22. The molecule has 1 aromatic carbocycles. The van der Waals surface area contributed by atoms with E-state index in [-0.39, 0.29) is 5.91 Å². The average molecular weight is 252 g/mol. The fourth-order valence-corrected chi connectivity index (χ4v) is 2.18. The normalized spacial score (nSPS) is 10.3. The van der Waals surface area contributed by atoms with Crippen LogP contribution in [0.25, 0.3) is 0 Å². The van der Waals surface area contributed by atoms with Crippen molar-refractivity contribution in [3.8, 4) is 0 Å². The number of hydrogen-bond donors (Lipinski definition) is 1. The van der Waals surface area contributed by atoms with E-state index in [1.807, 2.05) is 31.2 Å². The summed E-state index contributed by atoms with van der Waals surface area (Å²) in [6.07, 6.45) is 2.07. The van der Waals surface area contributed by atoms with Crippen LogP contribution in [0.3, 0.4) is 0 Å². The first-order valence-electron chi connectivity index (χ1n) is 5.80. The molecular formula is C13H20N2OS. The van der Waals surface area contributed by atoms with Gasteiger partial charge in [0.15, 0.2) is 0 Å². The molecule has 1 amide bonds. The zero-order chi connectivity index (χ0) is 12.7. The topological polar surface area (TPSA) is 46.3 Å². The standard InChI is InChI=1S/C13H20N2OS/c1-3-15(9-8-14)13(16)12-6-4-11(5-7-12)10-17-2/h4-7H,3,8-10,14H2,1-2H3. The fraction of sp³-hybridized carbons (Fsp3) is 0.462. The molecule has 17 heavy (non-hydrogen) atoms. The van der Waals surface area contributed by atoms with Crippen LogP contribution < -0.4 is 5.73 Å². The highest BCUT2D eigenvalue weighted by Crippen LogP contribution is 2.12. The summed E-state index contributed by atoms with van der Waals surface area (Å²) < 4.78 is 0. The van der Waals surface area contributed by atoms with Crippen molar-refractivity contribution in [3.05, 3.63) is 35.4 Å². The number of amides is 1. The second kappa shape index (κ2) is 7.35. The van der Waals surface area contributed by atoms with Crippen LogP contribution in [0, 0.1) is 0 Å². The van der Waals surface area contributed by atoms with Gasteiger partial charge in [0.05, 0.1) is 0 Å². The quantitative estimate of drug-likeness (QED) is 0.842. The minimum atomic E-state index is 0.0636. The van der Waals surface area contributed by atoms with Crippen molar-refractivity contribution in [2.75, 3.05) is 25.9 Å². The van der Waals surface area contributed by atoms with Crippen molar-refractivity contribution < 1.29 is 4.79 Å². The second-order valence-electron chi connectivity index (χ2n) is 3.80. The first kappa shape index (κ1) is 14.1. The predicted octanol–water partition coefficient (Wildman–Crippen LogP) is 1.97. The summed E-state index contributed by atoms with van der Waals surface area (Å²) in [5.41, 5.74) is 7.47. The Bertz CT molecular complexity index is 351. The lowest BCUT2D eigenvalue weighted by molar-refractivity contribution is 0.0769. The minimum absolute atomic E-state index is 0.0636. The van der Waals surface area contributed by atoms with E-state index in [0.717, 1.165) is 11.3 Å². The van der Waals surface area contributed by atoms with Gasteiger partial charge in [-0.3, -0.25) is 4.79 Å². The summed E-state index contributed by atoms with van der Waals surface area (Å²) in [5, 5.41) is 0. The van der Waals surface area contributed by atoms with E-state index in [1.54, 1.807) is 16.7 Å². The zero-order valence-electron chi connectivity index (χ0n) is 10.5. The summed E-state index contributed by atoms with van der Waals surface area (Å²) in [5.74, 6) is 1.04. The number of thioether (sulfide) groups is 1. The van der Waals surface area contributed by atoms with Crippen LogP contribution in [-0.2, 0) is 5.75 Å². The molecule has 3 nitrogen and oxygen atoms in total. The van der Waals surface area contributed by atoms with Gasteiger partial charge in [0.25, 0.3) is 5.91 Å². The van der Waals surface area contributed by atoms with E-state index in [2.05, 4.69) is 6.26 Å². The van der Waals surface area contributed by atoms with E-state index < -0.39 is 0 Å². The Morgan fingerprint density at radius 2 is 2.00 bits per heavy atom.